The van der Waals surface area contributed by atoms with E-state index in [0.29, 0.717) is 23.1 Å². The molecule has 7 heteroatoms. The van der Waals surface area contributed by atoms with Crippen LogP contribution in [0.15, 0.2) is 36.5 Å². The number of hydrogen-bond acceptors (Lipinski definition) is 4. The molecule has 0 aliphatic heterocycles. The molecule has 0 amide bonds. The highest BCUT2D eigenvalue weighted by Crippen LogP contribution is 2.16. The summed E-state index contributed by atoms with van der Waals surface area (Å²) in [4.78, 5) is 11.8. The average Bonchev–Trinajstić information content (AvgIpc) is 2.81. The molecule has 2 rings (SSSR count). The van der Waals surface area contributed by atoms with E-state index in [0.717, 1.165) is 5.69 Å². The molecular formula is C14H16N4O2S. The zero-order valence-electron chi connectivity index (χ0n) is 11.8. The van der Waals surface area contributed by atoms with E-state index in [2.05, 4.69) is 15.7 Å². The summed E-state index contributed by atoms with van der Waals surface area (Å²) in [5, 5.41) is 10.4. The van der Waals surface area contributed by atoms with E-state index in [1.807, 2.05) is 30.3 Å². The van der Waals surface area contributed by atoms with Crippen molar-refractivity contribution in [2.45, 2.75) is 6.92 Å². The van der Waals surface area contributed by atoms with Crippen LogP contribution in [0.1, 0.15) is 17.3 Å². The normalized spacial score (nSPS) is 10.0. The standard InChI is InChI=1S/C14H16N4O2S/c1-3-20-13(19)11-9-15-18(2)12(11)17-14(21)16-10-7-5-4-6-8-10/h4-9H,3H2,1-2H3,(H2,16,17,21). The number of ether oxygens (including phenoxy) is 1. The molecular weight excluding hydrogens is 288 g/mol. The Morgan fingerprint density at radius 2 is 2.05 bits per heavy atom. The quantitative estimate of drug-likeness (QED) is 0.668. The van der Waals surface area contributed by atoms with Crippen LogP contribution in [0.5, 0.6) is 0 Å². The Balaban J connectivity index is 2.10. The smallest absolute Gasteiger partial charge is 0.343 e. The lowest BCUT2D eigenvalue weighted by Gasteiger charge is -2.12. The number of thiocarbonyl (C=S) groups is 1. The maximum Gasteiger partial charge on any atom is 0.343 e. The molecule has 1 aromatic carbocycles. The van der Waals surface area contributed by atoms with Gasteiger partial charge in [-0.1, -0.05) is 18.2 Å². The van der Waals surface area contributed by atoms with Crippen molar-refractivity contribution in [1.29, 1.82) is 0 Å². The van der Waals surface area contributed by atoms with Gasteiger partial charge in [-0.3, -0.25) is 4.68 Å². The molecule has 0 spiro atoms. The third-order valence-corrected chi connectivity index (χ3v) is 2.90. The van der Waals surface area contributed by atoms with Gasteiger partial charge in [-0.15, -0.1) is 0 Å². The van der Waals surface area contributed by atoms with Crippen LogP contribution in [-0.4, -0.2) is 27.5 Å². The minimum atomic E-state index is -0.435. The summed E-state index contributed by atoms with van der Waals surface area (Å²) >= 11 is 5.24. The first-order chi connectivity index (χ1) is 10.1. The molecule has 0 saturated carbocycles. The van der Waals surface area contributed by atoms with Crippen LogP contribution in [0, 0.1) is 0 Å². The van der Waals surface area contributed by atoms with Crippen LogP contribution in [0.4, 0.5) is 11.5 Å². The maximum atomic E-state index is 11.8. The average molecular weight is 304 g/mol. The molecule has 0 atom stereocenters. The van der Waals surface area contributed by atoms with Crippen LogP contribution >= 0.6 is 12.2 Å². The molecule has 0 radical (unpaired) electrons. The second kappa shape index (κ2) is 6.85. The summed E-state index contributed by atoms with van der Waals surface area (Å²) < 4.78 is 6.52. The van der Waals surface area contributed by atoms with Crippen LogP contribution in [-0.2, 0) is 11.8 Å². The van der Waals surface area contributed by atoms with Crippen molar-refractivity contribution in [2.75, 3.05) is 17.2 Å². The monoisotopic (exact) mass is 304 g/mol. The third-order valence-electron chi connectivity index (χ3n) is 2.70. The van der Waals surface area contributed by atoms with Gasteiger partial charge < -0.3 is 15.4 Å². The number of carbonyl (C=O) groups is 1. The fraction of sp³-hybridized carbons (Fsp3) is 0.214. The molecule has 2 aromatic rings. The van der Waals surface area contributed by atoms with E-state index in [1.54, 1.807) is 14.0 Å². The van der Waals surface area contributed by atoms with Crippen molar-refractivity contribution in [3.63, 3.8) is 0 Å². The second-order valence-electron chi connectivity index (χ2n) is 4.20. The number of nitrogens with one attached hydrogen (secondary N) is 2. The van der Waals surface area contributed by atoms with E-state index >= 15 is 0 Å². The molecule has 1 heterocycles. The maximum absolute atomic E-state index is 11.8. The largest absolute Gasteiger partial charge is 0.462 e. The molecule has 2 N–H and O–H groups in total. The predicted molar refractivity (Wildman–Crippen MR) is 85.4 cm³/mol. The van der Waals surface area contributed by atoms with Gasteiger partial charge in [-0.2, -0.15) is 5.10 Å². The van der Waals surface area contributed by atoms with Crippen molar-refractivity contribution < 1.29 is 9.53 Å². The van der Waals surface area contributed by atoms with Gasteiger partial charge in [0.25, 0.3) is 0 Å². The van der Waals surface area contributed by atoms with Gasteiger partial charge in [0.05, 0.1) is 12.8 Å². The fourth-order valence-electron chi connectivity index (χ4n) is 1.74. The van der Waals surface area contributed by atoms with Crippen LogP contribution in [0.3, 0.4) is 0 Å². The topological polar surface area (TPSA) is 68.2 Å². The molecule has 21 heavy (non-hydrogen) atoms. The lowest BCUT2D eigenvalue weighted by molar-refractivity contribution is 0.0527. The molecule has 110 valence electrons. The van der Waals surface area contributed by atoms with Crippen molar-refractivity contribution >= 4 is 34.8 Å². The van der Waals surface area contributed by atoms with E-state index in [-0.39, 0.29) is 0 Å². The molecule has 0 fully saturated rings. The van der Waals surface area contributed by atoms with E-state index in [9.17, 15) is 4.79 Å². The molecule has 0 bridgehead atoms. The number of rotatable bonds is 4. The van der Waals surface area contributed by atoms with Crippen molar-refractivity contribution in [2.24, 2.45) is 7.05 Å². The van der Waals surface area contributed by atoms with Crippen molar-refractivity contribution in [3.05, 3.63) is 42.1 Å². The molecule has 0 unspecified atom stereocenters. The molecule has 0 aliphatic carbocycles. The number of carbonyl (C=O) groups excluding carboxylic acids is 1. The number of anilines is 2. The zero-order valence-corrected chi connectivity index (χ0v) is 12.6. The number of hydrogen-bond donors (Lipinski definition) is 2. The summed E-state index contributed by atoms with van der Waals surface area (Å²) in [6, 6.07) is 9.51. The number of nitrogens with zero attached hydrogens (tertiary/aromatic N) is 2. The molecule has 1 aromatic heterocycles. The Morgan fingerprint density at radius 3 is 2.71 bits per heavy atom. The minimum Gasteiger partial charge on any atom is -0.462 e. The first kappa shape index (κ1) is 15.0. The van der Waals surface area contributed by atoms with Gasteiger partial charge in [-0.05, 0) is 31.3 Å². The Bertz CT molecular complexity index is 640. The van der Waals surface area contributed by atoms with Crippen LogP contribution < -0.4 is 10.6 Å². The number of esters is 1. The van der Waals surface area contributed by atoms with E-state index in [1.165, 1.54) is 10.9 Å². The first-order valence-corrected chi connectivity index (χ1v) is 6.84. The highest BCUT2D eigenvalue weighted by molar-refractivity contribution is 7.80. The summed E-state index contributed by atoms with van der Waals surface area (Å²) in [5.41, 5.74) is 1.20. The number of benzene rings is 1. The Hall–Kier alpha value is -2.41. The summed E-state index contributed by atoms with van der Waals surface area (Å²) in [7, 11) is 1.72. The number of para-hydroxylation sites is 1. The number of aryl methyl sites for hydroxylation is 1. The van der Waals surface area contributed by atoms with Gasteiger partial charge in [0.2, 0.25) is 0 Å². The third kappa shape index (κ3) is 3.79. The van der Waals surface area contributed by atoms with Crippen molar-refractivity contribution in [1.82, 2.24) is 9.78 Å². The SMILES string of the molecule is CCOC(=O)c1cnn(C)c1NC(=S)Nc1ccccc1. The second-order valence-corrected chi connectivity index (χ2v) is 4.60. The first-order valence-electron chi connectivity index (χ1n) is 6.44. The number of aromatic nitrogens is 2. The van der Waals surface area contributed by atoms with E-state index in [4.69, 9.17) is 17.0 Å². The summed E-state index contributed by atoms with van der Waals surface area (Å²) in [5.74, 6) is 0.0532. The Morgan fingerprint density at radius 1 is 1.33 bits per heavy atom. The van der Waals surface area contributed by atoms with Crippen molar-refractivity contribution in [3.8, 4) is 0 Å². The van der Waals surface area contributed by atoms with Gasteiger partial charge in [0.1, 0.15) is 11.4 Å². The van der Waals surface area contributed by atoms with Gasteiger partial charge in [0, 0.05) is 12.7 Å². The van der Waals surface area contributed by atoms with Gasteiger partial charge in [-0.25, -0.2) is 4.79 Å². The Kier molecular flexibility index (Phi) is 4.89. The lowest BCUT2D eigenvalue weighted by atomic mass is 10.3. The summed E-state index contributed by atoms with van der Waals surface area (Å²) in [6.45, 7) is 2.06. The molecule has 0 aliphatic rings. The Labute approximate surface area is 128 Å². The van der Waals surface area contributed by atoms with Gasteiger partial charge >= 0.3 is 5.97 Å². The predicted octanol–water partition coefficient (Wildman–Crippen LogP) is 2.41. The fourth-order valence-corrected chi connectivity index (χ4v) is 1.95. The van der Waals surface area contributed by atoms with Crippen LogP contribution in [0.2, 0.25) is 0 Å². The van der Waals surface area contributed by atoms with E-state index < -0.39 is 5.97 Å². The minimum absolute atomic E-state index is 0.305. The highest BCUT2D eigenvalue weighted by atomic mass is 32.1. The zero-order chi connectivity index (χ0) is 15.2. The lowest BCUT2D eigenvalue weighted by Crippen LogP contribution is -2.22. The molecule has 0 saturated heterocycles. The highest BCUT2D eigenvalue weighted by Gasteiger charge is 2.18. The summed E-state index contributed by atoms with van der Waals surface area (Å²) in [6.07, 6.45) is 1.45. The molecule has 6 nitrogen and oxygen atoms in total. The van der Waals surface area contributed by atoms with Gasteiger partial charge in [0.15, 0.2) is 5.11 Å². The van der Waals surface area contributed by atoms with Crippen LogP contribution in [0.25, 0.3) is 0 Å².